The molecule has 78 valence electrons. The van der Waals surface area contributed by atoms with E-state index >= 15 is 0 Å². The molecule has 1 aromatic carbocycles. The second-order valence-corrected chi connectivity index (χ2v) is 2.53. The van der Waals surface area contributed by atoms with E-state index < -0.39 is 5.97 Å². The molecule has 0 aliphatic heterocycles. The summed E-state index contributed by atoms with van der Waals surface area (Å²) in [5.74, 6) is -0.449. The van der Waals surface area contributed by atoms with Gasteiger partial charge in [0.25, 0.3) is 0 Å². The van der Waals surface area contributed by atoms with Crippen LogP contribution < -0.4 is 0 Å². The summed E-state index contributed by atoms with van der Waals surface area (Å²) in [6.07, 6.45) is 3.51. The molecule has 0 N–H and O–H groups in total. The molecule has 0 radical (unpaired) electrons. The van der Waals surface area contributed by atoms with Crippen LogP contribution in [0.15, 0.2) is 24.3 Å². The van der Waals surface area contributed by atoms with Crippen molar-refractivity contribution in [1.82, 2.24) is 0 Å². The second-order valence-electron chi connectivity index (χ2n) is 2.53. The summed E-state index contributed by atoms with van der Waals surface area (Å²) in [5, 5.41) is 0. The Kier molecular flexibility index (Phi) is 6.55. The molecule has 0 aliphatic carbocycles. The van der Waals surface area contributed by atoms with E-state index in [1.165, 1.54) is 19.3 Å². The van der Waals surface area contributed by atoms with Gasteiger partial charge in [-0.05, 0) is 0 Å². The van der Waals surface area contributed by atoms with Gasteiger partial charge in [-0.15, -0.1) is 5.56 Å². The van der Waals surface area contributed by atoms with E-state index in [1.54, 1.807) is 18.2 Å². The molecule has 0 atom stereocenters. The van der Waals surface area contributed by atoms with Crippen LogP contribution in [0.5, 0.6) is 0 Å². The third-order valence-electron chi connectivity index (χ3n) is 1.66. The van der Waals surface area contributed by atoms with Crippen molar-refractivity contribution in [2.24, 2.45) is 0 Å². The zero-order valence-corrected chi connectivity index (χ0v) is 11.0. The number of hydrogen-bond donors (Lipinski definition) is 0. The van der Waals surface area contributed by atoms with E-state index in [2.05, 4.69) is 10.8 Å². The minimum Gasteiger partial charge on any atom is -0.466 e. The third kappa shape index (κ3) is 4.22. The number of carbonyl (C=O) groups excluding carboxylic acids is 2. The van der Waals surface area contributed by atoms with Gasteiger partial charge in [0.2, 0.25) is 0 Å². The summed E-state index contributed by atoms with van der Waals surface area (Å²) >= 11 is 0. The van der Waals surface area contributed by atoms with Crippen LogP contribution in [-0.2, 0) is 30.6 Å². The van der Waals surface area contributed by atoms with Crippen LogP contribution in [0, 0.1) is 6.07 Å². The van der Waals surface area contributed by atoms with Gasteiger partial charge < -0.3 is 9.53 Å². The summed E-state index contributed by atoms with van der Waals surface area (Å²) in [4.78, 5) is 21.4. The predicted octanol–water partition coefficient (Wildman–Crippen LogP) is 1.48. The molecule has 1 rings (SSSR count). The van der Waals surface area contributed by atoms with Gasteiger partial charge in [0, 0.05) is 27.1 Å². The van der Waals surface area contributed by atoms with Crippen molar-refractivity contribution in [2.75, 3.05) is 7.11 Å². The Labute approximate surface area is 102 Å². The topological polar surface area (TPSA) is 43.4 Å². The smallest absolute Gasteiger partial charge is 0.330 e. The molecule has 0 amide bonds. The van der Waals surface area contributed by atoms with E-state index in [4.69, 9.17) is 0 Å². The molecule has 0 aliphatic rings. The Morgan fingerprint density at radius 2 is 2.20 bits per heavy atom. The number of esters is 1. The van der Waals surface area contributed by atoms with Gasteiger partial charge in [-0.3, -0.25) is 0 Å². The average molecular weight is 373 g/mol. The first-order valence-corrected chi connectivity index (χ1v) is 3.99. The van der Waals surface area contributed by atoms with Gasteiger partial charge >= 0.3 is 5.97 Å². The van der Waals surface area contributed by atoms with E-state index in [0.717, 1.165) is 0 Å². The maximum absolute atomic E-state index is 10.8. The number of rotatable bonds is 3. The summed E-state index contributed by atoms with van der Waals surface area (Å²) < 4.78 is 4.42. The van der Waals surface area contributed by atoms with Gasteiger partial charge in [-0.25, -0.2) is 4.79 Å². The van der Waals surface area contributed by atoms with E-state index in [9.17, 15) is 9.59 Å². The normalized spacial score (nSPS) is 9.40. The van der Waals surface area contributed by atoms with Crippen LogP contribution in [-0.4, -0.2) is 19.4 Å². The summed E-state index contributed by atoms with van der Waals surface area (Å²) in [5.41, 5.74) is 1.16. The Balaban J connectivity index is 0.00000196. The molecule has 4 heteroatoms. The van der Waals surface area contributed by atoms with Crippen molar-refractivity contribution >= 4 is 18.3 Å². The number of ether oxygens (including phenoxy) is 1. The van der Waals surface area contributed by atoms with Gasteiger partial charge in [0.05, 0.1) is 13.4 Å². The average Bonchev–Trinajstić information content (AvgIpc) is 2.26. The van der Waals surface area contributed by atoms with E-state index in [-0.39, 0.29) is 21.1 Å². The van der Waals surface area contributed by atoms with Crippen LogP contribution in [0.2, 0.25) is 0 Å². The minimum absolute atomic E-state index is 0. The number of carbonyl (C=O) groups is 2. The van der Waals surface area contributed by atoms with E-state index in [0.29, 0.717) is 17.4 Å². The molecule has 0 bridgehead atoms. The summed E-state index contributed by atoms with van der Waals surface area (Å²) in [6, 6.07) is 7.70. The fourth-order valence-electron chi connectivity index (χ4n) is 0.935. The monoisotopic (exact) mass is 373 g/mol. The molecule has 0 saturated carbocycles. The Morgan fingerprint density at radius 1 is 1.47 bits per heavy atom. The molecule has 0 spiro atoms. The number of hydrogen-bond acceptors (Lipinski definition) is 3. The van der Waals surface area contributed by atoms with Crippen molar-refractivity contribution in [3.63, 3.8) is 0 Å². The maximum atomic E-state index is 10.8. The fraction of sp³-hybridized carbons (Fsp3) is 0.0909. The quantitative estimate of drug-likeness (QED) is 0.349. The van der Waals surface area contributed by atoms with Gasteiger partial charge in [0.15, 0.2) is 0 Å². The van der Waals surface area contributed by atoms with E-state index in [1.807, 2.05) is 0 Å². The number of benzene rings is 1. The minimum atomic E-state index is -0.449. The molecule has 0 aromatic heterocycles. The number of aldehydes is 1. The van der Waals surface area contributed by atoms with Crippen molar-refractivity contribution in [3.05, 3.63) is 41.5 Å². The second kappa shape index (κ2) is 7.13. The predicted molar refractivity (Wildman–Crippen MR) is 51.7 cm³/mol. The van der Waals surface area contributed by atoms with Crippen LogP contribution in [0.3, 0.4) is 0 Å². The largest absolute Gasteiger partial charge is 0.466 e. The SMILES string of the molecule is COC(=O)/C=C/c1cc[c-]cc1C=O.[W]. The molecule has 3 nitrogen and oxygen atoms in total. The first-order chi connectivity index (χ1) is 6.77. The third-order valence-corrected chi connectivity index (χ3v) is 1.66. The molecule has 0 heterocycles. The van der Waals surface area contributed by atoms with Crippen LogP contribution in [0.25, 0.3) is 6.08 Å². The molecular weight excluding hydrogens is 364 g/mol. The molecule has 0 saturated heterocycles. The fourth-order valence-corrected chi connectivity index (χ4v) is 0.935. The van der Waals surface area contributed by atoms with Crippen LogP contribution >= 0.6 is 0 Å². The molecule has 0 fully saturated rings. The first kappa shape index (κ1) is 13.8. The van der Waals surface area contributed by atoms with Crippen molar-refractivity contribution in [1.29, 1.82) is 0 Å². The first-order valence-electron chi connectivity index (χ1n) is 3.99. The molecule has 0 unspecified atom stereocenters. The van der Waals surface area contributed by atoms with Crippen molar-refractivity contribution in [2.45, 2.75) is 0 Å². The zero-order chi connectivity index (χ0) is 10.4. The molecular formula is C11H9O3W-. The maximum Gasteiger partial charge on any atom is 0.330 e. The number of methoxy groups -OCH3 is 1. The standard InChI is InChI=1S/C11H9O3.W/c1-14-11(13)7-6-9-4-2-3-5-10(9)8-12;/h2,4-8H,1H3;/q-1;/b7-6+;. The zero-order valence-electron chi connectivity index (χ0n) is 8.10. The van der Waals surface area contributed by atoms with Gasteiger partial charge in [0.1, 0.15) is 0 Å². The van der Waals surface area contributed by atoms with Crippen molar-refractivity contribution in [3.8, 4) is 0 Å². The van der Waals surface area contributed by atoms with Gasteiger partial charge in [-0.2, -0.15) is 24.3 Å². The van der Waals surface area contributed by atoms with Gasteiger partial charge in [-0.1, -0.05) is 11.6 Å². The van der Waals surface area contributed by atoms with Crippen LogP contribution in [0.4, 0.5) is 0 Å². The van der Waals surface area contributed by atoms with Crippen molar-refractivity contribution < 1.29 is 35.4 Å². The summed E-state index contributed by atoms with van der Waals surface area (Å²) in [7, 11) is 1.30. The Hall–Kier alpha value is -1.21. The Morgan fingerprint density at radius 3 is 2.80 bits per heavy atom. The molecule has 1 aromatic rings. The van der Waals surface area contributed by atoms with Crippen LogP contribution in [0.1, 0.15) is 15.9 Å². The molecule has 15 heavy (non-hydrogen) atoms. The summed E-state index contributed by atoms with van der Waals surface area (Å²) in [6.45, 7) is 0. The Bertz CT molecular complexity index is 372.